The van der Waals surface area contributed by atoms with Crippen molar-refractivity contribution in [2.75, 3.05) is 7.11 Å². The lowest BCUT2D eigenvalue weighted by Gasteiger charge is -2.27. The highest BCUT2D eigenvalue weighted by molar-refractivity contribution is 7.95. The summed E-state index contributed by atoms with van der Waals surface area (Å²) in [5.74, 6) is -0.714. The molecule has 3 aromatic rings. The Balaban J connectivity index is 1.60. The maximum Gasteiger partial charge on any atom is 0.416 e. The third-order valence-electron chi connectivity index (χ3n) is 7.98. The van der Waals surface area contributed by atoms with Gasteiger partial charge in [-0.25, -0.2) is 13.4 Å². The van der Waals surface area contributed by atoms with Crippen molar-refractivity contribution in [1.29, 1.82) is 0 Å². The number of rotatable bonds is 5. The van der Waals surface area contributed by atoms with Gasteiger partial charge in [-0.05, 0) is 77.4 Å². The lowest BCUT2D eigenvalue weighted by atomic mass is 9.89. The van der Waals surface area contributed by atoms with Crippen LogP contribution in [0, 0.1) is 5.82 Å². The van der Waals surface area contributed by atoms with Crippen molar-refractivity contribution < 1.29 is 48.6 Å². The fraction of sp³-hybridized carbons (Fsp3) is 0.400. The van der Waals surface area contributed by atoms with Gasteiger partial charge in [0.05, 0.1) is 29.8 Å². The molecule has 1 N–H and O–H groups in total. The van der Waals surface area contributed by atoms with Crippen molar-refractivity contribution in [2.24, 2.45) is 0 Å². The minimum absolute atomic E-state index is 0.0528. The van der Waals surface area contributed by atoms with E-state index in [-0.39, 0.29) is 41.7 Å². The van der Waals surface area contributed by atoms with Gasteiger partial charge in [-0.1, -0.05) is 19.9 Å². The molecule has 0 radical (unpaired) electrons. The number of hydrogen-bond acceptors (Lipinski definition) is 4. The summed E-state index contributed by atoms with van der Waals surface area (Å²) in [5, 5.41) is 0. The SMILES string of the molecule is COc1cc(F)c(C(C)C)cc1-c1ccc(C(F)(F)F)cc1[C@@H]1CC[C@H]2[C@@H](c3cc(C(F)(F)F)cc(C(F)(F)F)c3)NSN12. The van der Waals surface area contributed by atoms with Gasteiger partial charge in [0.2, 0.25) is 0 Å². The maximum atomic E-state index is 14.8. The zero-order valence-corrected chi connectivity index (χ0v) is 24.2. The van der Waals surface area contributed by atoms with Crippen LogP contribution < -0.4 is 9.46 Å². The highest BCUT2D eigenvalue weighted by Gasteiger charge is 2.47. The third kappa shape index (κ3) is 6.12. The topological polar surface area (TPSA) is 24.5 Å². The Morgan fingerprint density at radius 1 is 0.795 bits per heavy atom. The van der Waals surface area contributed by atoms with E-state index in [1.165, 1.54) is 19.2 Å². The molecule has 2 fully saturated rings. The Kier molecular flexibility index (Phi) is 8.43. The van der Waals surface area contributed by atoms with Crippen molar-refractivity contribution in [2.45, 2.75) is 69.3 Å². The molecule has 238 valence electrons. The number of hydrogen-bond donors (Lipinski definition) is 1. The van der Waals surface area contributed by atoms with Gasteiger partial charge in [-0.15, -0.1) is 0 Å². The summed E-state index contributed by atoms with van der Waals surface area (Å²) in [6, 6.07) is 4.90. The minimum Gasteiger partial charge on any atom is -0.496 e. The van der Waals surface area contributed by atoms with Crippen molar-refractivity contribution in [3.63, 3.8) is 0 Å². The number of fused-ring (bicyclic) bond motifs is 1. The summed E-state index contributed by atoms with van der Waals surface area (Å²) < 4.78 is 148. The second-order valence-electron chi connectivity index (χ2n) is 11.1. The van der Waals surface area contributed by atoms with E-state index in [4.69, 9.17) is 4.74 Å². The zero-order chi connectivity index (χ0) is 32.4. The van der Waals surface area contributed by atoms with Gasteiger partial charge in [-0.2, -0.15) is 39.5 Å². The molecule has 0 aliphatic carbocycles. The molecule has 0 amide bonds. The van der Waals surface area contributed by atoms with Crippen molar-refractivity contribution in [1.82, 2.24) is 9.03 Å². The zero-order valence-electron chi connectivity index (χ0n) is 23.4. The Hall–Kier alpha value is -2.97. The van der Waals surface area contributed by atoms with Gasteiger partial charge in [0, 0.05) is 35.8 Å². The average Bonchev–Trinajstić information content (AvgIpc) is 3.53. The fourth-order valence-corrected chi connectivity index (χ4v) is 7.09. The van der Waals surface area contributed by atoms with Crippen molar-refractivity contribution >= 4 is 12.1 Å². The predicted octanol–water partition coefficient (Wildman–Crippen LogP) is 10.1. The van der Waals surface area contributed by atoms with Crippen LogP contribution >= 0.6 is 12.1 Å². The average molecular weight is 653 g/mol. The van der Waals surface area contributed by atoms with Crippen LogP contribution in [-0.2, 0) is 18.5 Å². The summed E-state index contributed by atoms with van der Waals surface area (Å²) >= 11 is 0.932. The van der Waals surface area contributed by atoms with E-state index in [1.54, 1.807) is 18.2 Å². The first kappa shape index (κ1) is 32.4. The molecule has 3 atom stereocenters. The van der Waals surface area contributed by atoms with Gasteiger partial charge in [0.25, 0.3) is 0 Å². The lowest BCUT2D eigenvalue weighted by Crippen LogP contribution is -2.26. The summed E-state index contributed by atoms with van der Waals surface area (Å²) in [6.45, 7) is 3.52. The predicted molar refractivity (Wildman–Crippen MR) is 145 cm³/mol. The molecule has 2 aliphatic rings. The van der Waals surface area contributed by atoms with Crippen molar-refractivity contribution in [3.8, 4) is 16.9 Å². The molecule has 0 saturated carbocycles. The third-order valence-corrected chi connectivity index (χ3v) is 9.07. The van der Waals surface area contributed by atoms with E-state index in [0.29, 0.717) is 28.8 Å². The molecule has 3 aromatic carbocycles. The van der Waals surface area contributed by atoms with E-state index in [9.17, 15) is 43.9 Å². The highest BCUT2D eigenvalue weighted by atomic mass is 32.2. The van der Waals surface area contributed by atoms with Gasteiger partial charge >= 0.3 is 18.5 Å². The van der Waals surface area contributed by atoms with Crippen LogP contribution in [0.2, 0.25) is 0 Å². The second kappa shape index (κ2) is 11.4. The molecule has 2 saturated heterocycles. The van der Waals surface area contributed by atoms with Gasteiger partial charge in [0.1, 0.15) is 11.6 Å². The second-order valence-corrected chi connectivity index (χ2v) is 11.9. The molecule has 0 bridgehead atoms. The molecule has 0 spiro atoms. The number of benzene rings is 3. The number of ether oxygens (including phenoxy) is 1. The summed E-state index contributed by atoms with van der Waals surface area (Å²) in [4.78, 5) is 0. The molecule has 44 heavy (non-hydrogen) atoms. The van der Waals surface area contributed by atoms with Gasteiger partial charge in [0.15, 0.2) is 0 Å². The maximum absolute atomic E-state index is 14.8. The molecule has 5 rings (SSSR count). The lowest BCUT2D eigenvalue weighted by molar-refractivity contribution is -0.143. The smallest absolute Gasteiger partial charge is 0.416 e. The van der Waals surface area contributed by atoms with Crippen LogP contribution in [-0.4, -0.2) is 17.5 Å². The first-order chi connectivity index (χ1) is 20.4. The summed E-state index contributed by atoms with van der Waals surface area (Å²) in [5.41, 5.74) is -2.85. The molecule has 2 heterocycles. The summed E-state index contributed by atoms with van der Waals surface area (Å²) in [7, 11) is 1.30. The van der Waals surface area contributed by atoms with Crippen LogP contribution in [0.25, 0.3) is 11.1 Å². The first-order valence-corrected chi connectivity index (χ1v) is 14.3. The largest absolute Gasteiger partial charge is 0.496 e. The van der Waals surface area contributed by atoms with E-state index < -0.39 is 59.2 Å². The van der Waals surface area contributed by atoms with E-state index in [0.717, 1.165) is 30.3 Å². The standard InChI is InChI=1S/C30H26F10N2OS/c1-14(2)20-12-22(26(43-3)13-23(20)31)19-5-4-16(28(32,33)34)11-21(19)24-6-7-25-27(41-44-42(24)25)15-8-17(29(35,36)37)10-18(9-15)30(38,39)40/h4-5,8-14,24-25,27,41H,6-7H2,1-3H3/t24-,25-,27+/m0/s1. The monoisotopic (exact) mass is 652 g/mol. The van der Waals surface area contributed by atoms with Crippen LogP contribution in [0.15, 0.2) is 48.5 Å². The molecular weight excluding hydrogens is 626 g/mol. The number of methoxy groups -OCH3 is 1. The first-order valence-electron chi connectivity index (χ1n) is 13.5. The molecule has 0 aromatic heterocycles. The highest BCUT2D eigenvalue weighted by Crippen LogP contribution is 2.53. The van der Waals surface area contributed by atoms with Gasteiger partial charge < -0.3 is 4.74 Å². The number of nitrogens with one attached hydrogen (secondary N) is 1. The molecule has 2 aliphatic heterocycles. The van der Waals surface area contributed by atoms with E-state index in [2.05, 4.69) is 4.72 Å². The van der Waals surface area contributed by atoms with E-state index >= 15 is 0 Å². The molecule has 3 nitrogen and oxygen atoms in total. The quantitative estimate of drug-likeness (QED) is 0.219. The van der Waals surface area contributed by atoms with Gasteiger partial charge in [-0.3, -0.25) is 0 Å². The molecular formula is C30H26F10N2OS. The summed E-state index contributed by atoms with van der Waals surface area (Å²) in [6.07, 6.45) is -14.2. The number of alkyl halides is 9. The Morgan fingerprint density at radius 3 is 1.95 bits per heavy atom. The Morgan fingerprint density at radius 2 is 1.41 bits per heavy atom. The number of halogens is 10. The Bertz CT molecular complexity index is 1520. The van der Waals surface area contributed by atoms with Crippen molar-refractivity contribution in [3.05, 3.63) is 87.7 Å². The van der Waals surface area contributed by atoms with Crippen LogP contribution in [0.4, 0.5) is 43.9 Å². The van der Waals surface area contributed by atoms with Crippen LogP contribution in [0.3, 0.4) is 0 Å². The van der Waals surface area contributed by atoms with Crippen LogP contribution in [0.5, 0.6) is 5.75 Å². The fourth-order valence-electron chi connectivity index (χ4n) is 5.85. The molecule has 0 unspecified atom stereocenters. The van der Waals surface area contributed by atoms with E-state index in [1.807, 2.05) is 0 Å². The normalized spacial score (nSPS) is 21.3. The Labute approximate surface area is 250 Å². The minimum atomic E-state index is -5.03. The number of nitrogens with zero attached hydrogens (tertiary/aromatic N) is 1. The van der Waals surface area contributed by atoms with Crippen LogP contribution in [0.1, 0.15) is 78.1 Å². The molecule has 14 heteroatoms.